The summed E-state index contributed by atoms with van der Waals surface area (Å²) in [4.78, 5) is 23.4. The second kappa shape index (κ2) is 12.5. The number of carbonyl (C=O) groups is 2. The lowest BCUT2D eigenvalue weighted by Gasteiger charge is -2.39. The molecule has 2 N–H and O–H groups in total. The number of alkyl carbamates (subject to hydrolysis) is 1. The number of amides is 1. The number of benzene rings is 2. The number of alkyl halides is 13. The minimum Gasteiger partial charge on any atom is -0.480 e. The number of carboxylic acids is 1. The van der Waals surface area contributed by atoms with E-state index in [4.69, 9.17) is 4.74 Å². The molecule has 1 atom stereocenters. The molecule has 2 rings (SSSR count). The van der Waals surface area contributed by atoms with Crippen molar-refractivity contribution in [2.45, 2.75) is 67.7 Å². The minimum absolute atomic E-state index is 0.0992. The second-order valence-electron chi connectivity index (χ2n) is 9.12. The molecule has 1 amide bonds. The molecule has 2 aromatic rings. The lowest BCUT2D eigenvalue weighted by molar-refractivity contribution is -0.440. The van der Waals surface area contributed by atoms with E-state index in [0.29, 0.717) is 5.56 Å². The Labute approximate surface area is 233 Å². The number of hydrogen-bond acceptors (Lipinski definition) is 3. The summed E-state index contributed by atoms with van der Waals surface area (Å²) < 4.78 is 177. The Kier molecular flexibility index (Phi) is 10.3. The van der Waals surface area contributed by atoms with Gasteiger partial charge in [0.1, 0.15) is 12.6 Å². The quantitative estimate of drug-likeness (QED) is 0.225. The van der Waals surface area contributed by atoms with Crippen LogP contribution in [0.25, 0.3) is 0 Å². The van der Waals surface area contributed by atoms with Crippen molar-refractivity contribution in [3.63, 3.8) is 0 Å². The molecule has 18 heteroatoms. The summed E-state index contributed by atoms with van der Waals surface area (Å²) in [6.07, 6.45) is -12.4. The van der Waals surface area contributed by atoms with Crippen molar-refractivity contribution in [3.05, 3.63) is 71.3 Å². The van der Waals surface area contributed by atoms with E-state index in [9.17, 15) is 71.8 Å². The Balaban J connectivity index is 2.02. The zero-order valence-electron chi connectivity index (χ0n) is 21.2. The van der Waals surface area contributed by atoms with Gasteiger partial charge >= 0.3 is 47.9 Å². The van der Waals surface area contributed by atoms with Crippen molar-refractivity contribution in [1.29, 1.82) is 0 Å². The number of carbonyl (C=O) groups excluding carboxylic acids is 1. The van der Waals surface area contributed by atoms with Gasteiger partial charge in [0, 0.05) is 12.8 Å². The molecular formula is C25H20F13NO4. The van der Waals surface area contributed by atoms with E-state index in [1.165, 1.54) is 0 Å². The van der Waals surface area contributed by atoms with Gasteiger partial charge < -0.3 is 15.2 Å². The lowest BCUT2D eigenvalue weighted by Crippen LogP contribution is -2.70. The zero-order chi connectivity index (χ0) is 33.1. The normalized spacial score (nSPS) is 14.3. The van der Waals surface area contributed by atoms with Gasteiger partial charge in [0.05, 0.1) is 0 Å². The Morgan fingerprint density at radius 2 is 1.16 bits per heavy atom. The smallest absolute Gasteiger partial charge is 0.460 e. The number of rotatable bonds is 13. The molecule has 0 radical (unpaired) electrons. The number of aliphatic carboxylic acids is 1. The lowest BCUT2D eigenvalue weighted by atomic mass is 9.91. The summed E-state index contributed by atoms with van der Waals surface area (Å²) in [5.41, 5.74) is 0.366. The molecule has 240 valence electrons. The van der Waals surface area contributed by atoms with Gasteiger partial charge in [-0.2, -0.15) is 57.1 Å². The summed E-state index contributed by atoms with van der Waals surface area (Å²) in [6, 6.07) is 10.7. The van der Waals surface area contributed by atoms with Crippen LogP contribution in [0.2, 0.25) is 0 Å². The van der Waals surface area contributed by atoms with Gasteiger partial charge in [-0.25, -0.2) is 9.59 Å². The third-order valence-corrected chi connectivity index (χ3v) is 5.99. The molecule has 0 aliphatic rings. The fraction of sp³-hybridized carbons (Fsp3) is 0.440. The number of ether oxygens (including phenoxy) is 1. The van der Waals surface area contributed by atoms with E-state index in [0.717, 1.165) is 24.3 Å². The maximum Gasteiger partial charge on any atom is 0.460 e. The highest BCUT2D eigenvalue weighted by Crippen LogP contribution is 2.60. The number of halogens is 13. The van der Waals surface area contributed by atoms with Crippen LogP contribution in [0.4, 0.5) is 61.9 Å². The van der Waals surface area contributed by atoms with E-state index in [-0.39, 0.29) is 17.5 Å². The fourth-order valence-corrected chi connectivity index (χ4v) is 3.45. The predicted molar refractivity (Wildman–Crippen MR) is 120 cm³/mol. The van der Waals surface area contributed by atoms with Gasteiger partial charge in [0.2, 0.25) is 0 Å². The minimum atomic E-state index is -7.95. The predicted octanol–water partition coefficient (Wildman–Crippen LogP) is 7.28. The Morgan fingerprint density at radius 3 is 1.65 bits per heavy atom. The molecule has 43 heavy (non-hydrogen) atoms. The third-order valence-electron chi connectivity index (χ3n) is 5.99. The van der Waals surface area contributed by atoms with Gasteiger partial charge in [0.15, 0.2) is 0 Å². The van der Waals surface area contributed by atoms with Crippen LogP contribution in [-0.2, 0) is 29.0 Å². The summed E-state index contributed by atoms with van der Waals surface area (Å²) in [6.45, 7) is -0.535. The van der Waals surface area contributed by atoms with Crippen LogP contribution >= 0.6 is 0 Å². The first-order valence-electron chi connectivity index (χ1n) is 11.7. The van der Waals surface area contributed by atoms with Crippen molar-refractivity contribution in [2.24, 2.45) is 0 Å². The SMILES string of the molecule is O=C(N[C@@H](Cc1ccccc1)C(=O)O)OCc1ccc(CCC(F)(F)C(F)(F)C(F)(F)C(F)(F)C(F)(F)C(F)(F)F)cc1. The van der Waals surface area contributed by atoms with Crippen LogP contribution in [0, 0.1) is 0 Å². The van der Waals surface area contributed by atoms with Gasteiger partial charge in [-0.05, 0) is 23.1 Å². The van der Waals surface area contributed by atoms with E-state index < -0.39 is 73.3 Å². The molecule has 0 saturated heterocycles. The monoisotopic (exact) mass is 645 g/mol. The Hall–Kier alpha value is -3.73. The van der Waals surface area contributed by atoms with Crippen molar-refractivity contribution in [3.8, 4) is 0 Å². The zero-order valence-corrected chi connectivity index (χ0v) is 21.2. The van der Waals surface area contributed by atoms with E-state index in [1.54, 1.807) is 30.3 Å². The third kappa shape index (κ3) is 7.44. The summed E-state index contributed by atoms with van der Waals surface area (Å²) >= 11 is 0. The summed E-state index contributed by atoms with van der Waals surface area (Å²) in [7, 11) is 0. The molecule has 0 unspecified atom stereocenters. The van der Waals surface area contributed by atoms with Gasteiger partial charge in [-0.3, -0.25) is 0 Å². The topological polar surface area (TPSA) is 75.6 Å². The second-order valence-corrected chi connectivity index (χ2v) is 9.12. The highest BCUT2D eigenvalue weighted by Gasteiger charge is 2.90. The maximum absolute atomic E-state index is 14.0. The molecule has 2 aromatic carbocycles. The van der Waals surface area contributed by atoms with Crippen LogP contribution in [0.15, 0.2) is 54.6 Å². The molecule has 0 bridgehead atoms. The maximum atomic E-state index is 14.0. The summed E-state index contributed by atoms with van der Waals surface area (Å²) in [5, 5.41) is 11.4. The van der Waals surface area contributed by atoms with Gasteiger partial charge in [-0.15, -0.1) is 0 Å². The first-order valence-corrected chi connectivity index (χ1v) is 11.7. The van der Waals surface area contributed by atoms with E-state index in [1.807, 2.05) is 0 Å². The van der Waals surface area contributed by atoms with E-state index in [2.05, 4.69) is 5.32 Å². The largest absolute Gasteiger partial charge is 0.480 e. The van der Waals surface area contributed by atoms with E-state index >= 15 is 0 Å². The molecular weight excluding hydrogens is 625 g/mol. The van der Waals surface area contributed by atoms with Crippen molar-refractivity contribution in [2.75, 3.05) is 0 Å². The van der Waals surface area contributed by atoms with Crippen LogP contribution < -0.4 is 5.32 Å². The molecule has 0 heterocycles. The number of carboxylic acid groups (broad SMARTS) is 1. The highest BCUT2D eigenvalue weighted by atomic mass is 19.4. The van der Waals surface area contributed by atoms with Crippen LogP contribution in [0.1, 0.15) is 23.1 Å². The number of aryl methyl sites for hydroxylation is 1. The molecule has 5 nitrogen and oxygen atoms in total. The number of nitrogens with one attached hydrogen (secondary N) is 1. The average Bonchev–Trinajstić information content (AvgIpc) is 2.90. The molecule has 0 aliphatic carbocycles. The fourth-order valence-electron chi connectivity index (χ4n) is 3.45. The molecule has 0 aliphatic heterocycles. The van der Waals surface area contributed by atoms with Gasteiger partial charge in [0.25, 0.3) is 0 Å². The standard InChI is InChI=1S/C25H20F13NO4/c26-20(27,21(28,29)22(30,31)23(32,33)24(34,35)25(36,37)38)11-10-14-6-8-16(9-7-14)13-43-19(42)39-17(18(40)41)12-15-4-2-1-3-5-15/h1-9,17H,10-13H2,(H,39,42)(H,40,41)/t17-/m0/s1. The van der Waals surface area contributed by atoms with Crippen molar-refractivity contribution < 1.29 is 76.5 Å². The molecule has 0 aromatic heterocycles. The van der Waals surface area contributed by atoms with Crippen LogP contribution in [0.3, 0.4) is 0 Å². The van der Waals surface area contributed by atoms with Crippen LogP contribution in [0.5, 0.6) is 0 Å². The molecule has 0 spiro atoms. The number of hydrogen-bond donors (Lipinski definition) is 2. The first-order chi connectivity index (χ1) is 19.5. The average molecular weight is 645 g/mol. The molecule has 0 saturated carbocycles. The van der Waals surface area contributed by atoms with Crippen molar-refractivity contribution in [1.82, 2.24) is 5.32 Å². The Bertz CT molecular complexity index is 1250. The summed E-state index contributed by atoms with van der Waals surface area (Å²) in [5.74, 6) is -38.5. The highest BCUT2D eigenvalue weighted by molar-refractivity contribution is 5.80. The Morgan fingerprint density at radius 1 is 0.674 bits per heavy atom. The first kappa shape index (κ1) is 35.5. The molecule has 0 fully saturated rings. The van der Waals surface area contributed by atoms with Crippen molar-refractivity contribution >= 4 is 12.1 Å². The van der Waals surface area contributed by atoms with Crippen LogP contribution in [-0.4, -0.2) is 59.0 Å². The van der Waals surface area contributed by atoms with Gasteiger partial charge in [-0.1, -0.05) is 54.6 Å².